The first kappa shape index (κ1) is 22.6. The standard InChI is InChI=1S/C14H20N4O8/c1-7(11(21)17-13(23)15-3)25-9(19)5-6-10(20)26-8(2)12(22)18-14(24)16-4/h5-8H,1-4H3,(H2,15,17,21,23)(H2,16,18,22,24)/b6-5+. The monoisotopic (exact) mass is 372 g/mol. The Morgan fingerprint density at radius 2 is 1.00 bits per heavy atom. The van der Waals surface area contributed by atoms with Crippen molar-refractivity contribution in [1.82, 2.24) is 21.3 Å². The lowest BCUT2D eigenvalue weighted by Gasteiger charge is -2.12. The molecule has 0 heterocycles. The van der Waals surface area contributed by atoms with Crippen LogP contribution < -0.4 is 21.3 Å². The van der Waals surface area contributed by atoms with E-state index in [0.717, 1.165) is 0 Å². The zero-order chi connectivity index (χ0) is 20.3. The van der Waals surface area contributed by atoms with Crippen molar-refractivity contribution >= 4 is 35.8 Å². The SMILES string of the molecule is CNC(=O)NC(=O)C(C)OC(=O)/C=C/C(=O)OC(C)C(=O)NC(=O)NC. The number of amides is 6. The van der Waals surface area contributed by atoms with Crippen LogP contribution in [0.4, 0.5) is 9.59 Å². The van der Waals surface area contributed by atoms with Gasteiger partial charge in [-0.2, -0.15) is 0 Å². The summed E-state index contributed by atoms with van der Waals surface area (Å²) in [6.07, 6.45) is -1.24. The predicted octanol–water partition coefficient (Wildman–Crippen LogP) is -1.68. The minimum atomic E-state index is -1.29. The van der Waals surface area contributed by atoms with E-state index in [-0.39, 0.29) is 0 Å². The Kier molecular flexibility index (Phi) is 9.69. The summed E-state index contributed by atoms with van der Waals surface area (Å²) in [5.41, 5.74) is 0. The summed E-state index contributed by atoms with van der Waals surface area (Å²) in [5, 5.41) is 8.08. The molecule has 0 aliphatic carbocycles. The number of esters is 2. The van der Waals surface area contributed by atoms with E-state index in [1.54, 1.807) is 0 Å². The fourth-order valence-electron chi connectivity index (χ4n) is 1.22. The van der Waals surface area contributed by atoms with Crippen molar-refractivity contribution < 1.29 is 38.2 Å². The van der Waals surface area contributed by atoms with E-state index in [2.05, 4.69) is 20.1 Å². The summed E-state index contributed by atoms with van der Waals surface area (Å²) in [7, 11) is 2.59. The van der Waals surface area contributed by atoms with Gasteiger partial charge in [0.2, 0.25) is 0 Å². The fraction of sp³-hybridized carbons (Fsp3) is 0.429. The molecule has 0 saturated heterocycles. The molecule has 144 valence electrons. The van der Waals surface area contributed by atoms with Crippen molar-refractivity contribution in [3.05, 3.63) is 12.2 Å². The maximum atomic E-state index is 11.5. The smallest absolute Gasteiger partial charge is 0.331 e. The van der Waals surface area contributed by atoms with Gasteiger partial charge in [0.25, 0.3) is 11.8 Å². The van der Waals surface area contributed by atoms with Gasteiger partial charge in [0.15, 0.2) is 12.2 Å². The average Bonchev–Trinajstić information content (AvgIpc) is 2.59. The van der Waals surface area contributed by atoms with Crippen LogP contribution in [-0.2, 0) is 28.7 Å². The Morgan fingerprint density at radius 1 is 0.692 bits per heavy atom. The molecule has 4 N–H and O–H groups in total. The van der Waals surface area contributed by atoms with Crippen LogP contribution in [0.15, 0.2) is 12.2 Å². The fourth-order valence-corrected chi connectivity index (χ4v) is 1.22. The van der Waals surface area contributed by atoms with E-state index in [1.165, 1.54) is 27.9 Å². The molecule has 2 atom stereocenters. The van der Waals surface area contributed by atoms with E-state index in [0.29, 0.717) is 12.2 Å². The molecule has 0 radical (unpaired) electrons. The van der Waals surface area contributed by atoms with E-state index in [1.807, 2.05) is 10.6 Å². The van der Waals surface area contributed by atoms with Crippen molar-refractivity contribution in [2.24, 2.45) is 0 Å². The van der Waals surface area contributed by atoms with Crippen LogP contribution in [0.5, 0.6) is 0 Å². The zero-order valence-corrected chi connectivity index (χ0v) is 14.6. The topological polar surface area (TPSA) is 169 Å². The third-order valence-corrected chi connectivity index (χ3v) is 2.61. The maximum absolute atomic E-state index is 11.5. The van der Waals surface area contributed by atoms with Gasteiger partial charge in [-0.1, -0.05) is 0 Å². The zero-order valence-electron chi connectivity index (χ0n) is 14.6. The number of carbonyl (C=O) groups is 6. The number of rotatable bonds is 6. The summed E-state index contributed by atoms with van der Waals surface area (Å²) in [6.45, 7) is 2.43. The highest BCUT2D eigenvalue weighted by Gasteiger charge is 2.20. The van der Waals surface area contributed by atoms with Gasteiger partial charge in [-0.15, -0.1) is 0 Å². The first-order chi connectivity index (χ1) is 12.1. The first-order valence-corrected chi connectivity index (χ1v) is 7.25. The third kappa shape index (κ3) is 9.00. The summed E-state index contributed by atoms with van der Waals surface area (Å²) >= 11 is 0. The molecule has 0 aromatic rings. The summed E-state index contributed by atoms with van der Waals surface area (Å²) in [4.78, 5) is 67.8. The molecule has 2 unspecified atom stereocenters. The van der Waals surface area contributed by atoms with Gasteiger partial charge >= 0.3 is 24.0 Å². The molecule has 12 heteroatoms. The highest BCUT2D eigenvalue weighted by atomic mass is 16.6. The van der Waals surface area contributed by atoms with Crippen LogP contribution in [0, 0.1) is 0 Å². The summed E-state index contributed by atoms with van der Waals surface area (Å²) in [6, 6.07) is -1.55. The van der Waals surface area contributed by atoms with E-state index < -0.39 is 48.0 Å². The molecule has 0 aromatic heterocycles. The van der Waals surface area contributed by atoms with Crippen LogP contribution in [0.3, 0.4) is 0 Å². The van der Waals surface area contributed by atoms with Gasteiger partial charge in [-0.05, 0) is 13.8 Å². The molecule has 12 nitrogen and oxygen atoms in total. The van der Waals surface area contributed by atoms with Gasteiger partial charge in [-0.25, -0.2) is 19.2 Å². The van der Waals surface area contributed by atoms with E-state index in [4.69, 9.17) is 0 Å². The number of nitrogens with one attached hydrogen (secondary N) is 4. The Balaban J connectivity index is 4.44. The number of carbonyl (C=O) groups excluding carboxylic acids is 6. The summed E-state index contributed by atoms with van der Waals surface area (Å²) < 4.78 is 9.34. The van der Waals surface area contributed by atoms with Crippen molar-refractivity contribution in [1.29, 1.82) is 0 Å². The van der Waals surface area contributed by atoms with E-state index >= 15 is 0 Å². The van der Waals surface area contributed by atoms with Crippen molar-refractivity contribution in [2.75, 3.05) is 14.1 Å². The number of ether oxygens (including phenoxy) is 2. The second kappa shape index (κ2) is 11.2. The quantitative estimate of drug-likeness (QED) is 0.316. The van der Waals surface area contributed by atoms with Crippen LogP contribution in [0.1, 0.15) is 13.8 Å². The molecule has 0 fully saturated rings. The lowest BCUT2D eigenvalue weighted by molar-refractivity contribution is -0.151. The highest BCUT2D eigenvalue weighted by Crippen LogP contribution is 1.96. The minimum absolute atomic E-state index is 0.676. The van der Waals surface area contributed by atoms with Gasteiger partial charge < -0.3 is 20.1 Å². The van der Waals surface area contributed by atoms with Crippen molar-refractivity contribution in [3.63, 3.8) is 0 Å². The maximum Gasteiger partial charge on any atom is 0.331 e. The van der Waals surface area contributed by atoms with Gasteiger partial charge in [0.05, 0.1) is 0 Å². The summed E-state index contributed by atoms with van der Waals surface area (Å²) in [5.74, 6) is -3.84. The van der Waals surface area contributed by atoms with Crippen molar-refractivity contribution in [2.45, 2.75) is 26.1 Å². The second-order valence-corrected chi connectivity index (χ2v) is 4.63. The molecule has 0 spiro atoms. The third-order valence-electron chi connectivity index (χ3n) is 2.61. The Morgan fingerprint density at radius 3 is 1.27 bits per heavy atom. The van der Waals surface area contributed by atoms with Crippen LogP contribution in [-0.4, -0.2) is 62.1 Å². The number of hydrogen-bond acceptors (Lipinski definition) is 8. The van der Waals surface area contributed by atoms with Gasteiger partial charge in [-0.3, -0.25) is 20.2 Å². The number of urea groups is 2. The molecular weight excluding hydrogens is 352 g/mol. The molecule has 0 aromatic carbocycles. The molecule has 6 amide bonds. The Hall–Kier alpha value is -3.44. The highest BCUT2D eigenvalue weighted by molar-refractivity contribution is 5.99. The molecule has 0 aliphatic rings. The number of hydrogen-bond donors (Lipinski definition) is 4. The lowest BCUT2D eigenvalue weighted by Crippen LogP contribution is -2.43. The first-order valence-electron chi connectivity index (χ1n) is 7.25. The molecule has 0 rings (SSSR count). The Bertz CT molecular complexity index is 564. The van der Waals surface area contributed by atoms with Gasteiger partial charge in [0.1, 0.15) is 0 Å². The molecule has 0 saturated carbocycles. The van der Waals surface area contributed by atoms with Gasteiger partial charge in [0, 0.05) is 26.2 Å². The van der Waals surface area contributed by atoms with Crippen LogP contribution in [0.25, 0.3) is 0 Å². The second-order valence-electron chi connectivity index (χ2n) is 4.63. The molecule has 0 aliphatic heterocycles. The average molecular weight is 372 g/mol. The van der Waals surface area contributed by atoms with Crippen LogP contribution >= 0.6 is 0 Å². The Labute approximate surface area is 148 Å². The van der Waals surface area contributed by atoms with Crippen LogP contribution in [0.2, 0.25) is 0 Å². The lowest BCUT2D eigenvalue weighted by atomic mass is 10.3. The molecule has 0 bridgehead atoms. The largest absolute Gasteiger partial charge is 0.449 e. The number of imide groups is 2. The minimum Gasteiger partial charge on any atom is -0.449 e. The van der Waals surface area contributed by atoms with Crippen molar-refractivity contribution in [3.8, 4) is 0 Å². The predicted molar refractivity (Wildman–Crippen MR) is 85.4 cm³/mol. The molecule has 26 heavy (non-hydrogen) atoms. The van der Waals surface area contributed by atoms with E-state index in [9.17, 15) is 28.8 Å². The normalized spacial score (nSPS) is 12.3. The molecular formula is C14H20N4O8.